The third-order valence-electron chi connectivity index (χ3n) is 4.41. The van der Waals surface area contributed by atoms with E-state index in [2.05, 4.69) is 5.32 Å². The van der Waals surface area contributed by atoms with Gasteiger partial charge in [-0.2, -0.15) is 0 Å². The van der Waals surface area contributed by atoms with E-state index in [0.717, 1.165) is 13.1 Å². The molecule has 3 unspecified atom stereocenters. The lowest BCUT2D eigenvalue weighted by molar-refractivity contribution is -0.141. The number of aliphatic carboxylic acids is 1. The van der Waals surface area contributed by atoms with Crippen LogP contribution in [-0.4, -0.2) is 41.6 Å². The lowest BCUT2D eigenvalue weighted by atomic mass is 9.78. The topological polar surface area (TPSA) is 69.6 Å². The van der Waals surface area contributed by atoms with Gasteiger partial charge < -0.3 is 15.3 Å². The average molecular weight is 268 g/mol. The van der Waals surface area contributed by atoms with Gasteiger partial charge in [-0.3, -0.25) is 4.79 Å². The average Bonchev–Trinajstić information content (AvgIpc) is 2.37. The van der Waals surface area contributed by atoms with Crippen LogP contribution in [0.2, 0.25) is 0 Å². The molecular weight excluding hydrogens is 244 g/mol. The number of carbonyl (C=O) groups is 2. The first-order chi connectivity index (χ1) is 9.06. The molecule has 1 saturated heterocycles. The van der Waals surface area contributed by atoms with Crippen LogP contribution in [0.25, 0.3) is 0 Å². The molecule has 2 aliphatic rings. The third-order valence-corrected chi connectivity index (χ3v) is 4.41. The summed E-state index contributed by atoms with van der Waals surface area (Å²) < 4.78 is 0. The first-order valence-corrected chi connectivity index (χ1v) is 7.32. The quantitative estimate of drug-likeness (QED) is 0.818. The molecule has 2 amide bonds. The largest absolute Gasteiger partial charge is 0.481 e. The van der Waals surface area contributed by atoms with Crippen molar-refractivity contribution in [2.45, 2.75) is 39.0 Å². The van der Waals surface area contributed by atoms with E-state index in [1.807, 2.05) is 4.90 Å². The maximum absolute atomic E-state index is 12.0. The molecule has 1 heterocycles. The molecule has 2 N–H and O–H groups in total. The van der Waals surface area contributed by atoms with Gasteiger partial charge in [-0.25, -0.2) is 4.79 Å². The van der Waals surface area contributed by atoms with Gasteiger partial charge in [-0.1, -0.05) is 13.3 Å². The normalized spacial score (nSPS) is 27.7. The summed E-state index contributed by atoms with van der Waals surface area (Å²) in [5, 5.41) is 11.6. The zero-order valence-electron chi connectivity index (χ0n) is 11.6. The second kappa shape index (κ2) is 6.26. The van der Waals surface area contributed by atoms with Crippen LogP contribution in [0.3, 0.4) is 0 Å². The number of hydrogen-bond acceptors (Lipinski definition) is 2. The number of carbonyl (C=O) groups excluding carboxylic acids is 1. The first-order valence-electron chi connectivity index (χ1n) is 7.32. The summed E-state index contributed by atoms with van der Waals surface area (Å²) in [4.78, 5) is 24.7. The number of piperidine rings is 1. The number of nitrogens with zero attached hydrogens (tertiary/aromatic N) is 1. The molecule has 1 saturated carbocycles. The van der Waals surface area contributed by atoms with Gasteiger partial charge in [0, 0.05) is 19.6 Å². The minimum Gasteiger partial charge on any atom is -0.481 e. The van der Waals surface area contributed by atoms with Crippen LogP contribution in [0.5, 0.6) is 0 Å². The van der Waals surface area contributed by atoms with Crippen LogP contribution in [-0.2, 0) is 4.79 Å². The van der Waals surface area contributed by atoms with Crippen LogP contribution in [0.15, 0.2) is 0 Å². The van der Waals surface area contributed by atoms with Crippen molar-refractivity contribution in [3.63, 3.8) is 0 Å². The number of rotatable bonds is 4. The van der Waals surface area contributed by atoms with Gasteiger partial charge in [0.25, 0.3) is 0 Å². The highest BCUT2D eigenvalue weighted by atomic mass is 16.4. The number of fused-ring (bicyclic) bond motifs is 2. The summed E-state index contributed by atoms with van der Waals surface area (Å²) in [6.45, 7) is 3.85. The summed E-state index contributed by atoms with van der Waals surface area (Å²) in [6, 6.07) is -0.0193. The fourth-order valence-corrected chi connectivity index (χ4v) is 3.23. The van der Waals surface area contributed by atoms with Gasteiger partial charge in [0.2, 0.25) is 0 Å². The zero-order chi connectivity index (χ0) is 13.8. The maximum atomic E-state index is 12.0. The summed E-state index contributed by atoms with van der Waals surface area (Å²) in [5.41, 5.74) is 0. The van der Waals surface area contributed by atoms with Crippen molar-refractivity contribution < 1.29 is 14.7 Å². The first kappa shape index (κ1) is 14.2. The van der Waals surface area contributed by atoms with E-state index in [9.17, 15) is 9.59 Å². The highest BCUT2D eigenvalue weighted by Gasteiger charge is 2.32. The fourth-order valence-electron chi connectivity index (χ4n) is 3.23. The molecule has 108 valence electrons. The van der Waals surface area contributed by atoms with Crippen molar-refractivity contribution in [2.75, 3.05) is 19.6 Å². The van der Waals surface area contributed by atoms with E-state index in [0.29, 0.717) is 24.8 Å². The lowest BCUT2D eigenvalue weighted by Crippen LogP contribution is -2.49. The van der Waals surface area contributed by atoms with E-state index in [-0.39, 0.29) is 6.03 Å². The molecule has 1 aliphatic heterocycles. The van der Waals surface area contributed by atoms with Gasteiger partial charge in [-0.05, 0) is 37.5 Å². The Kier molecular flexibility index (Phi) is 4.66. The molecule has 0 aromatic carbocycles. The van der Waals surface area contributed by atoms with Crippen LogP contribution in [0, 0.1) is 17.8 Å². The molecule has 0 spiro atoms. The molecule has 2 bridgehead atoms. The Labute approximate surface area is 114 Å². The molecule has 2 fully saturated rings. The molecule has 2 rings (SSSR count). The Morgan fingerprint density at radius 3 is 2.53 bits per heavy atom. The summed E-state index contributed by atoms with van der Waals surface area (Å²) in [6.07, 6.45) is 5.56. The molecule has 0 aromatic rings. The number of amides is 2. The van der Waals surface area contributed by atoms with E-state index >= 15 is 0 Å². The molecule has 3 atom stereocenters. The molecular formula is C14H24N2O3. The van der Waals surface area contributed by atoms with Crippen LogP contribution >= 0.6 is 0 Å². The molecule has 0 radical (unpaired) electrons. The van der Waals surface area contributed by atoms with E-state index < -0.39 is 11.9 Å². The van der Waals surface area contributed by atoms with Gasteiger partial charge in [0.05, 0.1) is 5.92 Å². The highest BCUT2D eigenvalue weighted by molar-refractivity contribution is 5.74. The number of carboxylic acids is 1. The van der Waals surface area contributed by atoms with Crippen molar-refractivity contribution in [3.8, 4) is 0 Å². The summed E-state index contributed by atoms with van der Waals surface area (Å²) in [7, 11) is 0. The van der Waals surface area contributed by atoms with Crippen molar-refractivity contribution in [1.82, 2.24) is 10.2 Å². The van der Waals surface area contributed by atoms with E-state index in [1.54, 1.807) is 6.92 Å². The number of hydrogen-bond donors (Lipinski definition) is 2. The van der Waals surface area contributed by atoms with Gasteiger partial charge in [0.1, 0.15) is 0 Å². The van der Waals surface area contributed by atoms with Crippen molar-refractivity contribution in [3.05, 3.63) is 0 Å². The Morgan fingerprint density at radius 1 is 1.32 bits per heavy atom. The van der Waals surface area contributed by atoms with E-state index in [1.165, 1.54) is 25.7 Å². The molecule has 19 heavy (non-hydrogen) atoms. The molecule has 0 aromatic heterocycles. The monoisotopic (exact) mass is 268 g/mol. The zero-order valence-corrected chi connectivity index (χ0v) is 11.6. The van der Waals surface area contributed by atoms with Gasteiger partial charge in [0.15, 0.2) is 0 Å². The predicted molar refractivity (Wildman–Crippen MR) is 71.8 cm³/mol. The second-order valence-corrected chi connectivity index (χ2v) is 6.06. The molecule has 5 heteroatoms. The van der Waals surface area contributed by atoms with Crippen molar-refractivity contribution in [2.24, 2.45) is 17.8 Å². The van der Waals surface area contributed by atoms with Crippen LogP contribution in [0.4, 0.5) is 4.79 Å². The lowest BCUT2D eigenvalue weighted by Gasteiger charge is -2.41. The van der Waals surface area contributed by atoms with Crippen molar-refractivity contribution in [1.29, 1.82) is 0 Å². The SMILES string of the molecule is CC(CCNC(=O)N1CC2CCCC(C2)C1)C(=O)O. The Bertz CT molecular complexity index is 334. The van der Waals surface area contributed by atoms with Crippen LogP contribution < -0.4 is 5.32 Å². The van der Waals surface area contributed by atoms with Gasteiger partial charge >= 0.3 is 12.0 Å². The van der Waals surface area contributed by atoms with Crippen LogP contribution in [0.1, 0.15) is 39.0 Å². The Balaban J connectivity index is 1.72. The maximum Gasteiger partial charge on any atom is 0.317 e. The number of nitrogens with one attached hydrogen (secondary N) is 1. The summed E-state index contributed by atoms with van der Waals surface area (Å²) >= 11 is 0. The molecule has 1 aliphatic carbocycles. The Morgan fingerprint density at radius 2 is 1.95 bits per heavy atom. The van der Waals surface area contributed by atoms with Gasteiger partial charge in [-0.15, -0.1) is 0 Å². The number of carboxylic acid groups (broad SMARTS) is 1. The number of likely N-dealkylation sites (tertiary alicyclic amines) is 1. The minimum atomic E-state index is -0.804. The second-order valence-electron chi connectivity index (χ2n) is 6.06. The molecule has 5 nitrogen and oxygen atoms in total. The standard InChI is InChI=1S/C14H24N2O3/c1-10(13(17)18)5-6-15-14(19)16-8-11-3-2-4-12(7-11)9-16/h10-12H,2-9H2,1H3,(H,15,19)(H,17,18). The summed E-state index contributed by atoms with van der Waals surface area (Å²) in [5.74, 6) is 0.148. The minimum absolute atomic E-state index is 0.0193. The smallest absolute Gasteiger partial charge is 0.317 e. The predicted octanol–water partition coefficient (Wildman–Crippen LogP) is 1.93. The number of urea groups is 1. The van der Waals surface area contributed by atoms with E-state index in [4.69, 9.17) is 5.11 Å². The Hall–Kier alpha value is -1.26. The fraction of sp³-hybridized carbons (Fsp3) is 0.857. The van der Waals surface area contributed by atoms with Crippen molar-refractivity contribution >= 4 is 12.0 Å². The third kappa shape index (κ3) is 3.85. The highest BCUT2D eigenvalue weighted by Crippen LogP contribution is 2.34.